The highest BCUT2D eigenvalue weighted by Crippen LogP contribution is 2.34. The smallest absolute Gasteiger partial charge is 0.407 e. The first-order valence-electron chi connectivity index (χ1n) is 5.77. The molecular weight excluding hydrogens is 222 g/mol. The first-order chi connectivity index (χ1) is 7.77. The van der Waals surface area contributed by atoms with E-state index in [0.717, 1.165) is 0 Å². The number of likely N-dealkylation sites (tertiary alicyclic amines) is 1. The van der Waals surface area contributed by atoms with Gasteiger partial charge in [0.15, 0.2) is 0 Å². The Morgan fingerprint density at radius 1 is 1.41 bits per heavy atom. The normalized spacial score (nSPS) is 25.5. The number of hydrogen-bond acceptors (Lipinski definition) is 3. The third-order valence-electron chi connectivity index (χ3n) is 3.36. The van der Waals surface area contributed by atoms with Crippen molar-refractivity contribution in [1.82, 2.24) is 10.3 Å². The van der Waals surface area contributed by atoms with Crippen molar-refractivity contribution in [3.8, 4) is 0 Å². The minimum Gasteiger partial charge on any atom is -0.465 e. The Bertz CT molecular complexity index is 312. The van der Waals surface area contributed by atoms with Crippen LogP contribution >= 0.6 is 0 Å². The van der Waals surface area contributed by atoms with Gasteiger partial charge in [0.25, 0.3) is 0 Å². The van der Waals surface area contributed by atoms with Crippen LogP contribution in [0.4, 0.5) is 4.79 Å². The van der Waals surface area contributed by atoms with Gasteiger partial charge in [0.05, 0.1) is 0 Å². The summed E-state index contributed by atoms with van der Waals surface area (Å²) in [6.45, 7) is 6.33. The summed E-state index contributed by atoms with van der Waals surface area (Å²) in [4.78, 5) is 24.1. The topological polar surface area (TPSA) is 95.7 Å². The first kappa shape index (κ1) is 13.8. The van der Waals surface area contributed by atoms with Gasteiger partial charge in [-0.05, 0) is 18.3 Å². The molecule has 1 aliphatic rings. The van der Waals surface area contributed by atoms with Crippen molar-refractivity contribution in [2.24, 2.45) is 17.2 Å². The number of carbonyl (C=O) groups is 2. The Hall–Kier alpha value is -1.30. The summed E-state index contributed by atoms with van der Waals surface area (Å²) in [5.41, 5.74) is 1.96. The molecule has 0 aromatic rings. The van der Waals surface area contributed by atoms with Gasteiger partial charge in [-0.15, -0.1) is 0 Å². The number of amides is 2. The van der Waals surface area contributed by atoms with Crippen LogP contribution < -0.4 is 11.3 Å². The van der Waals surface area contributed by atoms with Gasteiger partial charge in [-0.2, -0.15) is 0 Å². The molecule has 1 rings (SSSR count). The summed E-state index contributed by atoms with van der Waals surface area (Å²) in [6, 6.07) is -0.156. The molecule has 1 fully saturated rings. The summed E-state index contributed by atoms with van der Waals surface area (Å²) >= 11 is 0. The minimum atomic E-state index is -0.920. The quantitative estimate of drug-likeness (QED) is 0.360. The van der Waals surface area contributed by atoms with Crippen molar-refractivity contribution >= 4 is 12.0 Å². The second kappa shape index (κ2) is 4.91. The van der Waals surface area contributed by atoms with Gasteiger partial charge in [-0.25, -0.2) is 10.6 Å². The standard InChI is InChI=1S/C11H21N3O3/c1-11(2,3)8-6-7(9(15)13-12)4-5-14(8)10(16)17/h7-8H,4-6,12H2,1-3H3,(H,13,15)(H,16,17). The Morgan fingerprint density at radius 2 is 2.00 bits per heavy atom. The van der Waals surface area contributed by atoms with Crippen molar-refractivity contribution in [3.63, 3.8) is 0 Å². The van der Waals surface area contributed by atoms with Gasteiger partial charge < -0.3 is 10.0 Å². The average molecular weight is 243 g/mol. The molecule has 1 saturated heterocycles. The molecule has 2 atom stereocenters. The number of hydrogen-bond donors (Lipinski definition) is 3. The molecule has 4 N–H and O–H groups in total. The van der Waals surface area contributed by atoms with Crippen molar-refractivity contribution in [2.75, 3.05) is 6.54 Å². The molecule has 1 heterocycles. The molecule has 0 aliphatic carbocycles. The highest BCUT2D eigenvalue weighted by atomic mass is 16.4. The van der Waals surface area contributed by atoms with Crippen LogP contribution in [0.25, 0.3) is 0 Å². The van der Waals surface area contributed by atoms with Crippen LogP contribution in [0.2, 0.25) is 0 Å². The zero-order chi connectivity index (χ0) is 13.2. The van der Waals surface area contributed by atoms with E-state index in [-0.39, 0.29) is 23.3 Å². The summed E-state index contributed by atoms with van der Waals surface area (Å²) in [5.74, 6) is 4.72. The molecule has 6 nitrogen and oxygen atoms in total. The molecule has 0 spiro atoms. The fourth-order valence-corrected chi connectivity index (χ4v) is 2.37. The molecule has 17 heavy (non-hydrogen) atoms. The van der Waals surface area contributed by atoms with E-state index in [2.05, 4.69) is 5.43 Å². The molecule has 0 bridgehead atoms. The lowest BCUT2D eigenvalue weighted by atomic mass is 9.77. The molecule has 2 amide bonds. The maximum absolute atomic E-state index is 11.5. The Labute approximate surface area is 101 Å². The van der Waals surface area contributed by atoms with E-state index in [4.69, 9.17) is 10.9 Å². The van der Waals surface area contributed by atoms with Crippen LogP contribution in [-0.4, -0.2) is 34.6 Å². The van der Waals surface area contributed by atoms with E-state index in [9.17, 15) is 9.59 Å². The van der Waals surface area contributed by atoms with Gasteiger partial charge >= 0.3 is 6.09 Å². The zero-order valence-electron chi connectivity index (χ0n) is 10.6. The van der Waals surface area contributed by atoms with E-state index < -0.39 is 6.09 Å². The van der Waals surface area contributed by atoms with Crippen LogP contribution in [0.5, 0.6) is 0 Å². The Kier molecular flexibility index (Phi) is 3.98. The second-order valence-corrected chi connectivity index (χ2v) is 5.59. The van der Waals surface area contributed by atoms with Crippen molar-refractivity contribution in [1.29, 1.82) is 0 Å². The summed E-state index contributed by atoms with van der Waals surface area (Å²) in [5, 5.41) is 9.15. The van der Waals surface area contributed by atoms with Crippen molar-refractivity contribution in [2.45, 2.75) is 39.7 Å². The number of nitrogens with one attached hydrogen (secondary N) is 1. The van der Waals surface area contributed by atoms with Gasteiger partial charge in [0, 0.05) is 18.5 Å². The highest BCUT2D eigenvalue weighted by molar-refractivity contribution is 5.78. The van der Waals surface area contributed by atoms with E-state index >= 15 is 0 Å². The van der Waals surface area contributed by atoms with Gasteiger partial charge in [0.2, 0.25) is 5.91 Å². The molecule has 2 unspecified atom stereocenters. The summed E-state index contributed by atoms with van der Waals surface area (Å²) < 4.78 is 0. The largest absolute Gasteiger partial charge is 0.465 e. The highest BCUT2D eigenvalue weighted by Gasteiger charge is 2.40. The molecule has 98 valence electrons. The maximum Gasteiger partial charge on any atom is 0.407 e. The minimum absolute atomic E-state index is 0.156. The molecule has 0 aromatic heterocycles. The average Bonchev–Trinajstić information content (AvgIpc) is 2.25. The number of carboxylic acid groups (broad SMARTS) is 1. The Balaban J connectivity index is 2.84. The molecule has 6 heteroatoms. The van der Waals surface area contributed by atoms with E-state index in [1.54, 1.807) is 0 Å². The van der Waals surface area contributed by atoms with Crippen LogP contribution in [0.3, 0.4) is 0 Å². The lowest BCUT2D eigenvalue weighted by Crippen LogP contribution is -2.54. The maximum atomic E-state index is 11.5. The predicted molar refractivity (Wildman–Crippen MR) is 63.0 cm³/mol. The van der Waals surface area contributed by atoms with Crippen LogP contribution in [0.1, 0.15) is 33.6 Å². The number of nitrogens with two attached hydrogens (primary N) is 1. The third kappa shape index (κ3) is 3.09. The fourth-order valence-electron chi connectivity index (χ4n) is 2.37. The van der Waals surface area contributed by atoms with Crippen molar-refractivity contribution < 1.29 is 14.7 Å². The number of rotatable bonds is 1. The molecule has 0 aromatic carbocycles. The lowest BCUT2D eigenvalue weighted by molar-refractivity contribution is -0.127. The van der Waals surface area contributed by atoms with E-state index in [1.807, 2.05) is 20.8 Å². The van der Waals surface area contributed by atoms with Crippen LogP contribution in [0, 0.1) is 11.3 Å². The van der Waals surface area contributed by atoms with Crippen LogP contribution in [-0.2, 0) is 4.79 Å². The molecular formula is C11H21N3O3. The number of nitrogens with zero attached hydrogens (tertiary/aromatic N) is 1. The van der Waals surface area contributed by atoms with Gasteiger partial charge in [-0.3, -0.25) is 10.2 Å². The van der Waals surface area contributed by atoms with E-state index in [1.165, 1.54) is 4.90 Å². The van der Waals surface area contributed by atoms with Gasteiger partial charge in [-0.1, -0.05) is 20.8 Å². The molecule has 1 aliphatic heterocycles. The Morgan fingerprint density at radius 3 is 2.41 bits per heavy atom. The third-order valence-corrected chi connectivity index (χ3v) is 3.36. The summed E-state index contributed by atoms with van der Waals surface area (Å²) in [6.07, 6.45) is 0.136. The fraction of sp³-hybridized carbons (Fsp3) is 0.818. The predicted octanol–water partition coefficient (Wildman–Crippen LogP) is 0.781. The number of piperidine rings is 1. The monoisotopic (exact) mass is 243 g/mol. The number of carbonyl (C=O) groups excluding carboxylic acids is 1. The zero-order valence-corrected chi connectivity index (χ0v) is 10.6. The summed E-state index contributed by atoms with van der Waals surface area (Å²) in [7, 11) is 0. The number of hydrazine groups is 1. The first-order valence-corrected chi connectivity index (χ1v) is 5.77. The molecule has 0 radical (unpaired) electrons. The lowest BCUT2D eigenvalue weighted by Gasteiger charge is -2.44. The van der Waals surface area contributed by atoms with Crippen LogP contribution in [0.15, 0.2) is 0 Å². The SMILES string of the molecule is CC(C)(C)C1CC(C(=O)NN)CCN1C(=O)O. The van der Waals surface area contributed by atoms with E-state index in [0.29, 0.717) is 19.4 Å². The van der Waals surface area contributed by atoms with Crippen molar-refractivity contribution in [3.05, 3.63) is 0 Å². The molecule has 0 saturated carbocycles. The second-order valence-electron chi connectivity index (χ2n) is 5.59. The van der Waals surface area contributed by atoms with Gasteiger partial charge in [0.1, 0.15) is 0 Å².